The summed E-state index contributed by atoms with van der Waals surface area (Å²) in [5.41, 5.74) is 11.9. The lowest BCUT2D eigenvalue weighted by Crippen LogP contribution is -2.31. The number of hydrogen-bond acceptors (Lipinski definition) is 5. The number of benzene rings is 2. The second-order valence-electron chi connectivity index (χ2n) is 9.08. The van der Waals surface area contributed by atoms with Crippen LogP contribution in [0, 0.1) is 5.92 Å². The van der Waals surface area contributed by atoms with Crippen molar-refractivity contribution in [3.63, 3.8) is 0 Å². The van der Waals surface area contributed by atoms with Crippen molar-refractivity contribution >= 4 is 27.6 Å². The van der Waals surface area contributed by atoms with Gasteiger partial charge >= 0.3 is 0 Å². The fraction of sp³-hybridized carbons (Fsp3) is 0.259. The Kier molecular flexibility index (Phi) is 5.84. The van der Waals surface area contributed by atoms with Crippen molar-refractivity contribution in [3.05, 3.63) is 78.2 Å². The van der Waals surface area contributed by atoms with E-state index in [1.165, 1.54) is 10.9 Å². The molecule has 0 amide bonds. The first-order chi connectivity index (χ1) is 16.1. The van der Waals surface area contributed by atoms with Gasteiger partial charge in [-0.05, 0) is 47.9 Å². The van der Waals surface area contributed by atoms with Gasteiger partial charge in [0.15, 0.2) is 0 Å². The molecule has 0 aliphatic rings. The summed E-state index contributed by atoms with van der Waals surface area (Å²) >= 11 is 0. The van der Waals surface area contributed by atoms with Crippen molar-refractivity contribution in [3.8, 4) is 11.3 Å². The number of aromatic amines is 1. The number of hydrogen-bond donors (Lipinski definition) is 3. The summed E-state index contributed by atoms with van der Waals surface area (Å²) in [5.74, 6) is 1.18. The Labute approximate surface area is 193 Å². The molecule has 5 rings (SSSR count). The Morgan fingerprint density at radius 1 is 1.06 bits per heavy atom. The van der Waals surface area contributed by atoms with Gasteiger partial charge in [-0.25, -0.2) is 0 Å². The number of aromatic nitrogens is 3. The molecule has 0 bridgehead atoms. The molecule has 3 heterocycles. The number of nitrogens with zero attached hydrogens (tertiary/aromatic N) is 2. The summed E-state index contributed by atoms with van der Waals surface area (Å²) in [7, 11) is 0. The standard InChI is InChI=1S/C27H29N5O/c1-17(2)11-24-26(19-7-8-20-14-29-10-9-18(20)12-19)32-33-27(24)31-16-22(28)13-21-15-30-25-6-4-3-5-23(21)25/h3-10,12,14-15,17,22,30-31H,11,13,16,28H2,1-2H3/t22-/m1/s1. The maximum Gasteiger partial charge on any atom is 0.228 e. The van der Waals surface area contributed by atoms with Crippen molar-refractivity contribution in [2.75, 3.05) is 11.9 Å². The monoisotopic (exact) mass is 439 g/mol. The number of H-pyrrole nitrogens is 1. The molecule has 2 aromatic carbocycles. The minimum atomic E-state index is -0.0576. The second-order valence-corrected chi connectivity index (χ2v) is 9.08. The lowest BCUT2D eigenvalue weighted by Gasteiger charge is -2.13. The van der Waals surface area contributed by atoms with Gasteiger partial charge in [0, 0.05) is 58.6 Å². The molecule has 33 heavy (non-hydrogen) atoms. The Balaban J connectivity index is 1.35. The van der Waals surface area contributed by atoms with E-state index in [9.17, 15) is 0 Å². The van der Waals surface area contributed by atoms with Crippen LogP contribution in [-0.4, -0.2) is 27.7 Å². The molecule has 0 unspecified atom stereocenters. The molecule has 0 fully saturated rings. The van der Waals surface area contributed by atoms with Crippen LogP contribution in [0.4, 0.5) is 5.88 Å². The van der Waals surface area contributed by atoms with E-state index >= 15 is 0 Å². The lowest BCUT2D eigenvalue weighted by atomic mass is 9.98. The first-order valence-electron chi connectivity index (χ1n) is 11.5. The largest absolute Gasteiger partial charge is 0.361 e. The third-order valence-electron chi connectivity index (χ3n) is 6.00. The predicted molar refractivity (Wildman–Crippen MR) is 134 cm³/mol. The summed E-state index contributed by atoms with van der Waals surface area (Å²) in [6.45, 7) is 5.01. The number of nitrogens with one attached hydrogen (secondary N) is 2. The van der Waals surface area contributed by atoms with Crippen LogP contribution in [0.5, 0.6) is 0 Å². The van der Waals surface area contributed by atoms with Gasteiger partial charge in [0.05, 0.1) is 0 Å². The SMILES string of the molecule is CC(C)Cc1c(-c2ccc3cnccc3c2)noc1NC[C@H](N)Cc1c[nH]c2ccccc12. The summed E-state index contributed by atoms with van der Waals surface area (Å²) in [6, 6.07) is 16.6. The molecule has 0 spiro atoms. The van der Waals surface area contributed by atoms with Crippen molar-refractivity contribution < 1.29 is 4.52 Å². The van der Waals surface area contributed by atoms with E-state index in [0.717, 1.165) is 46.0 Å². The van der Waals surface area contributed by atoms with Gasteiger partial charge in [-0.3, -0.25) is 4.98 Å². The third-order valence-corrected chi connectivity index (χ3v) is 6.00. The van der Waals surface area contributed by atoms with E-state index in [1.807, 2.05) is 24.5 Å². The summed E-state index contributed by atoms with van der Waals surface area (Å²) in [6.07, 6.45) is 7.38. The highest BCUT2D eigenvalue weighted by Gasteiger charge is 2.20. The Morgan fingerprint density at radius 2 is 1.94 bits per heavy atom. The van der Waals surface area contributed by atoms with Gasteiger partial charge in [0.25, 0.3) is 0 Å². The highest BCUT2D eigenvalue weighted by Crippen LogP contribution is 2.32. The van der Waals surface area contributed by atoms with E-state index in [1.54, 1.807) is 0 Å². The molecular formula is C27H29N5O. The molecule has 6 heteroatoms. The van der Waals surface area contributed by atoms with Gasteiger partial charge in [-0.2, -0.15) is 0 Å². The van der Waals surface area contributed by atoms with Crippen LogP contribution < -0.4 is 11.1 Å². The number of para-hydroxylation sites is 1. The van der Waals surface area contributed by atoms with Gasteiger partial charge < -0.3 is 20.6 Å². The van der Waals surface area contributed by atoms with Crippen molar-refractivity contribution in [2.45, 2.75) is 32.7 Å². The molecule has 168 valence electrons. The molecular weight excluding hydrogens is 410 g/mol. The number of nitrogens with two attached hydrogens (primary N) is 1. The van der Waals surface area contributed by atoms with Gasteiger partial charge in [-0.1, -0.05) is 49.3 Å². The van der Waals surface area contributed by atoms with Crippen LogP contribution in [0.2, 0.25) is 0 Å². The van der Waals surface area contributed by atoms with E-state index in [2.05, 4.69) is 76.9 Å². The van der Waals surface area contributed by atoms with E-state index in [4.69, 9.17) is 10.3 Å². The maximum absolute atomic E-state index is 6.49. The molecule has 3 aromatic heterocycles. The zero-order valence-electron chi connectivity index (χ0n) is 19.0. The quantitative estimate of drug-likeness (QED) is 0.295. The van der Waals surface area contributed by atoms with E-state index < -0.39 is 0 Å². The Bertz CT molecular complexity index is 1380. The fourth-order valence-electron chi connectivity index (χ4n) is 4.38. The predicted octanol–water partition coefficient (Wildman–Crippen LogP) is 5.55. The highest BCUT2D eigenvalue weighted by molar-refractivity contribution is 5.87. The van der Waals surface area contributed by atoms with Crippen molar-refractivity contribution in [1.82, 2.24) is 15.1 Å². The van der Waals surface area contributed by atoms with Gasteiger partial charge in [0.1, 0.15) is 5.69 Å². The first kappa shape index (κ1) is 21.2. The zero-order chi connectivity index (χ0) is 22.8. The molecule has 0 radical (unpaired) electrons. The van der Waals surface area contributed by atoms with Crippen molar-refractivity contribution in [1.29, 1.82) is 0 Å². The van der Waals surface area contributed by atoms with Crippen LogP contribution >= 0.6 is 0 Å². The van der Waals surface area contributed by atoms with Crippen LogP contribution in [-0.2, 0) is 12.8 Å². The number of anilines is 1. The number of fused-ring (bicyclic) bond motifs is 2. The molecule has 0 saturated heterocycles. The molecule has 1 atom stereocenters. The Morgan fingerprint density at radius 3 is 2.82 bits per heavy atom. The van der Waals surface area contributed by atoms with Gasteiger partial charge in [0.2, 0.25) is 5.88 Å². The topological polar surface area (TPSA) is 92.8 Å². The minimum Gasteiger partial charge on any atom is -0.361 e. The number of rotatable bonds is 8. The zero-order valence-corrected chi connectivity index (χ0v) is 19.0. The smallest absolute Gasteiger partial charge is 0.228 e. The highest BCUT2D eigenvalue weighted by atomic mass is 16.5. The number of pyridine rings is 1. The van der Waals surface area contributed by atoms with Crippen LogP contribution in [0.3, 0.4) is 0 Å². The molecule has 0 aliphatic carbocycles. The molecule has 5 aromatic rings. The first-order valence-corrected chi connectivity index (χ1v) is 11.5. The normalized spacial score (nSPS) is 12.6. The van der Waals surface area contributed by atoms with Crippen LogP contribution in [0.1, 0.15) is 25.0 Å². The summed E-state index contributed by atoms with van der Waals surface area (Å²) < 4.78 is 5.78. The van der Waals surface area contributed by atoms with Crippen molar-refractivity contribution in [2.24, 2.45) is 11.7 Å². The third kappa shape index (κ3) is 4.47. The lowest BCUT2D eigenvalue weighted by molar-refractivity contribution is 0.432. The molecule has 6 nitrogen and oxygen atoms in total. The maximum atomic E-state index is 6.49. The fourth-order valence-corrected chi connectivity index (χ4v) is 4.38. The summed E-state index contributed by atoms with van der Waals surface area (Å²) in [4.78, 5) is 7.53. The van der Waals surface area contributed by atoms with E-state index in [0.29, 0.717) is 18.3 Å². The molecule has 0 saturated carbocycles. The Hall–Kier alpha value is -3.64. The summed E-state index contributed by atoms with van der Waals surface area (Å²) in [5, 5.41) is 11.3. The second kappa shape index (κ2) is 9.08. The minimum absolute atomic E-state index is 0.0576. The molecule has 0 aliphatic heterocycles. The molecule has 4 N–H and O–H groups in total. The average molecular weight is 440 g/mol. The van der Waals surface area contributed by atoms with E-state index in [-0.39, 0.29) is 6.04 Å². The van der Waals surface area contributed by atoms with Gasteiger partial charge in [-0.15, -0.1) is 0 Å². The van der Waals surface area contributed by atoms with Crippen LogP contribution in [0.25, 0.3) is 32.9 Å². The van der Waals surface area contributed by atoms with Crippen LogP contribution in [0.15, 0.2) is 71.6 Å². The average Bonchev–Trinajstić information content (AvgIpc) is 3.41.